The number of aliphatic hydroxyl groups excluding tert-OH is 1. The van der Waals surface area contributed by atoms with Gasteiger partial charge in [0.1, 0.15) is 16.5 Å². The van der Waals surface area contributed by atoms with Crippen molar-refractivity contribution in [1.29, 1.82) is 0 Å². The van der Waals surface area contributed by atoms with Gasteiger partial charge in [-0.15, -0.1) is 0 Å². The number of esters is 1. The molecule has 0 unspecified atom stereocenters. The Morgan fingerprint density at radius 2 is 1.94 bits per heavy atom. The molecule has 1 amide bonds. The number of nitro groups is 1. The zero-order valence-electron chi connectivity index (χ0n) is 18.9. The van der Waals surface area contributed by atoms with Gasteiger partial charge >= 0.3 is 11.9 Å². The summed E-state index contributed by atoms with van der Waals surface area (Å²) in [5, 5.41) is 22.4. The normalized spacial score (nSPS) is 16.9. The number of benzene rings is 2. The third-order valence-corrected chi connectivity index (χ3v) is 6.55. The van der Waals surface area contributed by atoms with Gasteiger partial charge in [-0.05, 0) is 43.7 Å². The van der Waals surface area contributed by atoms with Gasteiger partial charge in [0, 0.05) is 17.7 Å². The molecule has 0 bridgehead atoms. The number of anilines is 1. The number of ketones is 1. The van der Waals surface area contributed by atoms with E-state index in [0.717, 1.165) is 28.4 Å². The number of aliphatic hydroxyl groups is 1. The number of thiazole rings is 1. The van der Waals surface area contributed by atoms with E-state index >= 15 is 0 Å². The van der Waals surface area contributed by atoms with Crippen LogP contribution in [-0.4, -0.2) is 39.3 Å². The topological polar surface area (TPSA) is 140 Å². The van der Waals surface area contributed by atoms with Crippen LogP contribution >= 0.6 is 11.3 Å². The molecule has 184 valence electrons. The summed E-state index contributed by atoms with van der Waals surface area (Å²) in [6, 6.07) is 8.55. The first-order valence-electron chi connectivity index (χ1n) is 10.6. The predicted octanol–water partition coefficient (Wildman–Crippen LogP) is 4.30. The van der Waals surface area contributed by atoms with Crippen LogP contribution in [0.4, 0.5) is 15.2 Å². The van der Waals surface area contributed by atoms with Crippen molar-refractivity contribution < 1.29 is 33.5 Å². The van der Waals surface area contributed by atoms with Crippen LogP contribution in [0.2, 0.25) is 0 Å². The van der Waals surface area contributed by atoms with E-state index in [9.17, 15) is 34.0 Å². The third-order valence-electron chi connectivity index (χ3n) is 5.41. The first-order chi connectivity index (χ1) is 17.1. The number of halogens is 1. The van der Waals surface area contributed by atoms with Crippen LogP contribution in [0.3, 0.4) is 0 Å². The number of amides is 1. The van der Waals surface area contributed by atoms with E-state index in [0.29, 0.717) is 0 Å². The minimum Gasteiger partial charge on any atom is -0.507 e. The number of nitrogens with zero attached hydrogens (tertiary/aromatic N) is 3. The maximum absolute atomic E-state index is 13.4. The lowest BCUT2D eigenvalue weighted by molar-refractivity contribution is -0.384. The van der Waals surface area contributed by atoms with Crippen LogP contribution in [0.25, 0.3) is 5.76 Å². The Balaban J connectivity index is 1.94. The molecule has 10 nitrogen and oxygen atoms in total. The van der Waals surface area contributed by atoms with E-state index in [2.05, 4.69) is 4.98 Å². The summed E-state index contributed by atoms with van der Waals surface area (Å²) in [6.07, 6.45) is 0. The van der Waals surface area contributed by atoms with Gasteiger partial charge in [0.05, 0.1) is 28.8 Å². The second kappa shape index (κ2) is 9.66. The molecule has 36 heavy (non-hydrogen) atoms. The number of Topliss-reactive ketones (excluding diaryl/α,β-unsaturated/α-hetero) is 1. The third kappa shape index (κ3) is 4.33. The Morgan fingerprint density at radius 1 is 1.25 bits per heavy atom. The monoisotopic (exact) mass is 511 g/mol. The summed E-state index contributed by atoms with van der Waals surface area (Å²) >= 11 is 0.811. The number of ether oxygens (including phenoxy) is 1. The number of hydrogen-bond donors (Lipinski definition) is 1. The fourth-order valence-corrected chi connectivity index (χ4v) is 4.78. The highest BCUT2D eigenvalue weighted by Gasteiger charge is 2.48. The van der Waals surface area contributed by atoms with Crippen molar-refractivity contribution in [2.45, 2.75) is 19.9 Å². The number of aryl methyl sites for hydroxylation is 1. The second-order valence-corrected chi connectivity index (χ2v) is 8.64. The van der Waals surface area contributed by atoms with Crippen molar-refractivity contribution in [1.82, 2.24) is 4.98 Å². The van der Waals surface area contributed by atoms with Gasteiger partial charge in [-0.2, -0.15) is 0 Å². The summed E-state index contributed by atoms with van der Waals surface area (Å²) in [5.74, 6) is -3.95. The lowest BCUT2D eigenvalue weighted by atomic mass is 9.95. The number of aromatic nitrogens is 1. The summed E-state index contributed by atoms with van der Waals surface area (Å²) in [5.41, 5.74) is -0.198. The fraction of sp³-hybridized carbons (Fsp3) is 0.167. The van der Waals surface area contributed by atoms with E-state index in [1.165, 1.54) is 43.3 Å². The Kier molecular flexibility index (Phi) is 6.62. The average Bonchev–Trinajstić information content (AvgIpc) is 3.36. The van der Waals surface area contributed by atoms with Gasteiger partial charge in [-0.3, -0.25) is 24.6 Å². The molecule has 0 saturated carbocycles. The van der Waals surface area contributed by atoms with E-state index in [-0.39, 0.29) is 44.7 Å². The molecule has 0 radical (unpaired) electrons. The molecule has 1 aliphatic rings. The first-order valence-corrected chi connectivity index (χ1v) is 11.4. The number of nitro benzene ring substituents is 1. The van der Waals surface area contributed by atoms with Gasteiger partial charge in [-0.25, -0.2) is 14.2 Å². The summed E-state index contributed by atoms with van der Waals surface area (Å²) in [6.45, 7) is 3.27. The summed E-state index contributed by atoms with van der Waals surface area (Å²) in [4.78, 5) is 54.8. The maximum Gasteiger partial charge on any atom is 0.350 e. The fourth-order valence-electron chi connectivity index (χ4n) is 3.79. The molecule has 1 N–H and O–H groups in total. The van der Waals surface area contributed by atoms with Crippen LogP contribution in [0.5, 0.6) is 0 Å². The molecule has 1 aromatic heterocycles. The number of carbonyl (C=O) groups excluding carboxylic acids is 3. The highest BCUT2D eigenvalue weighted by atomic mass is 32.1. The molecule has 1 atom stereocenters. The quantitative estimate of drug-likeness (QED) is 0.129. The zero-order chi connectivity index (χ0) is 26.1. The maximum atomic E-state index is 13.4. The molecule has 2 heterocycles. The Hall–Kier alpha value is -4.45. The van der Waals surface area contributed by atoms with E-state index in [1.807, 2.05) is 0 Å². The molecule has 3 aromatic rings. The van der Waals surface area contributed by atoms with Gasteiger partial charge in [0.25, 0.3) is 11.5 Å². The number of rotatable bonds is 6. The summed E-state index contributed by atoms with van der Waals surface area (Å²) < 4.78 is 18.5. The molecule has 1 saturated heterocycles. The molecule has 12 heteroatoms. The van der Waals surface area contributed by atoms with E-state index in [1.54, 1.807) is 6.92 Å². The molecular formula is C24H18FN3O7S. The minimum atomic E-state index is -1.31. The molecule has 1 aliphatic heterocycles. The highest BCUT2D eigenvalue weighted by Crippen LogP contribution is 2.44. The van der Waals surface area contributed by atoms with Crippen molar-refractivity contribution in [3.05, 3.63) is 91.7 Å². The van der Waals surface area contributed by atoms with Gasteiger partial charge in [-0.1, -0.05) is 23.5 Å². The molecule has 4 rings (SSSR count). The largest absolute Gasteiger partial charge is 0.507 e. The molecule has 2 aromatic carbocycles. The van der Waals surface area contributed by atoms with Gasteiger partial charge < -0.3 is 9.84 Å². The minimum absolute atomic E-state index is 0.0349. The van der Waals surface area contributed by atoms with E-state index < -0.39 is 40.2 Å². The van der Waals surface area contributed by atoms with Gasteiger partial charge in [0.2, 0.25) is 0 Å². The number of non-ortho nitro benzene ring substituents is 1. The van der Waals surface area contributed by atoms with Crippen LogP contribution in [0, 0.1) is 22.9 Å². The highest BCUT2D eigenvalue weighted by molar-refractivity contribution is 7.17. The molecule has 0 aliphatic carbocycles. The van der Waals surface area contributed by atoms with E-state index in [4.69, 9.17) is 4.74 Å². The smallest absolute Gasteiger partial charge is 0.350 e. The Labute approximate surface area is 207 Å². The van der Waals surface area contributed by atoms with Gasteiger partial charge in [0.15, 0.2) is 5.13 Å². The molecule has 1 fully saturated rings. The average molecular weight is 511 g/mol. The standard InChI is InChI=1S/C24H18FN3O7S/c1-3-35-23(32)21-12(2)26-24(36-21)27-18(14-5-4-6-16(11-14)28(33)34)17(20(30)22(27)31)19(29)13-7-9-15(25)10-8-13/h4-11,18,29H,3H2,1-2H3/t18-/m1/s1. The molecule has 0 spiro atoms. The number of carbonyl (C=O) groups is 3. The lowest BCUT2D eigenvalue weighted by Gasteiger charge is -2.22. The first kappa shape index (κ1) is 24.7. The SMILES string of the molecule is CCOC(=O)c1sc(N2C(=O)C(=O)C(=C(O)c3ccc(F)cc3)[C@H]2c2cccc([N+](=O)[O-])c2)nc1C. The van der Waals surface area contributed by atoms with Crippen molar-refractivity contribution >= 4 is 45.6 Å². The van der Waals surface area contributed by atoms with Crippen molar-refractivity contribution in [2.24, 2.45) is 0 Å². The van der Waals surface area contributed by atoms with Crippen LogP contribution in [0.15, 0.2) is 54.1 Å². The summed E-state index contributed by atoms with van der Waals surface area (Å²) in [7, 11) is 0. The Morgan fingerprint density at radius 3 is 2.58 bits per heavy atom. The van der Waals surface area contributed by atoms with Crippen molar-refractivity contribution in [2.75, 3.05) is 11.5 Å². The van der Waals surface area contributed by atoms with Crippen molar-refractivity contribution in [3.63, 3.8) is 0 Å². The predicted molar refractivity (Wildman–Crippen MR) is 127 cm³/mol. The van der Waals surface area contributed by atoms with Crippen LogP contribution in [-0.2, 0) is 14.3 Å². The lowest BCUT2D eigenvalue weighted by Crippen LogP contribution is -2.29. The zero-order valence-corrected chi connectivity index (χ0v) is 19.7. The van der Waals surface area contributed by atoms with Crippen LogP contribution in [0.1, 0.15) is 39.5 Å². The number of hydrogen-bond acceptors (Lipinski definition) is 9. The second-order valence-electron chi connectivity index (χ2n) is 7.66. The van der Waals surface area contributed by atoms with Crippen LogP contribution < -0.4 is 4.90 Å². The Bertz CT molecular complexity index is 1430. The molecular weight excluding hydrogens is 493 g/mol. The van der Waals surface area contributed by atoms with Crippen molar-refractivity contribution in [3.8, 4) is 0 Å².